The first-order chi connectivity index (χ1) is 10.5. The van der Waals surface area contributed by atoms with Crippen LogP contribution in [0.4, 0.5) is 0 Å². The number of ether oxygens (including phenoxy) is 1. The average molecular weight is 321 g/mol. The molecule has 1 unspecified atom stereocenters. The van der Waals surface area contributed by atoms with Gasteiger partial charge < -0.3 is 4.74 Å². The van der Waals surface area contributed by atoms with Gasteiger partial charge in [0.15, 0.2) is 5.12 Å². The lowest BCUT2D eigenvalue weighted by molar-refractivity contribution is -0.155. The van der Waals surface area contributed by atoms with Crippen molar-refractivity contribution in [2.45, 2.75) is 57.1 Å². The van der Waals surface area contributed by atoms with E-state index >= 15 is 0 Å². The van der Waals surface area contributed by atoms with Crippen LogP contribution in [-0.4, -0.2) is 22.9 Å². The van der Waals surface area contributed by atoms with Crippen molar-refractivity contribution in [3.8, 4) is 6.07 Å². The summed E-state index contributed by atoms with van der Waals surface area (Å²) in [5.74, 6) is 2.18. The zero-order chi connectivity index (χ0) is 15.7. The third kappa shape index (κ3) is 3.48. The van der Waals surface area contributed by atoms with Gasteiger partial charge in [0, 0.05) is 12.3 Å². The fraction of sp³-hybridized carbons (Fsp3) is 0.824. The van der Waals surface area contributed by atoms with Gasteiger partial charge in [-0.3, -0.25) is 9.59 Å². The van der Waals surface area contributed by atoms with E-state index in [0.29, 0.717) is 6.61 Å². The van der Waals surface area contributed by atoms with Crippen LogP contribution >= 0.6 is 11.8 Å². The molecule has 120 valence electrons. The lowest BCUT2D eigenvalue weighted by Gasteiger charge is -2.56. The fourth-order valence-electron chi connectivity index (χ4n) is 5.22. The number of hydrogen-bond donors (Lipinski definition) is 0. The van der Waals surface area contributed by atoms with E-state index in [1.165, 1.54) is 45.4 Å². The number of hydrogen-bond acceptors (Lipinski definition) is 5. The van der Waals surface area contributed by atoms with Crippen LogP contribution in [-0.2, 0) is 14.3 Å². The molecule has 4 aliphatic carbocycles. The van der Waals surface area contributed by atoms with E-state index in [1.54, 1.807) is 0 Å². The molecule has 0 aromatic rings. The Kier molecular flexibility index (Phi) is 4.49. The number of carbonyl (C=O) groups is 2. The molecule has 22 heavy (non-hydrogen) atoms. The molecule has 0 aliphatic heterocycles. The number of nitrogens with zero attached hydrogens (tertiary/aromatic N) is 1. The summed E-state index contributed by atoms with van der Waals surface area (Å²) < 4.78 is 5.53. The van der Waals surface area contributed by atoms with Crippen LogP contribution in [0.2, 0.25) is 0 Å². The summed E-state index contributed by atoms with van der Waals surface area (Å²) in [7, 11) is 0. The molecule has 4 aliphatic rings. The topological polar surface area (TPSA) is 67.2 Å². The SMILES string of the molecule is CC(=O)SC(C#N)CC(=O)OCC12CC3CC(CC(C3)C1)C2. The zero-order valence-corrected chi connectivity index (χ0v) is 13.9. The van der Waals surface area contributed by atoms with E-state index in [4.69, 9.17) is 10.00 Å². The van der Waals surface area contributed by atoms with Crippen molar-refractivity contribution in [1.29, 1.82) is 5.26 Å². The first-order valence-corrected chi connectivity index (χ1v) is 9.08. The van der Waals surface area contributed by atoms with Crippen molar-refractivity contribution in [3.05, 3.63) is 0 Å². The lowest BCUT2D eigenvalue weighted by Crippen LogP contribution is -2.48. The molecular weight excluding hydrogens is 298 g/mol. The lowest BCUT2D eigenvalue weighted by atomic mass is 9.50. The third-order valence-corrected chi connectivity index (χ3v) is 6.40. The van der Waals surface area contributed by atoms with Gasteiger partial charge in [0.2, 0.25) is 0 Å². The number of carbonyl (C=O) groups excluding carboxylic acids is 2. The molecule has 4 saturated carbocycles. The molecule has 5 heteroatoms. The predicted molar refractivity (Wildman–Crippen MR) is 83.9 cm³/mol. The highest BCUT2D eigenvalue weighted by Crippen LogP contribution is 2.60. The molecule has 0 N–H and O–H groups in total. The average Bonchev–Trinajstić information content (AvgIpc) is 2.42. The summed E-state index contributed by atoms with van der Waals surface area (Å²) in [6.45, 7) is 1.92. The Hall–Kier alpha value is -1.02. The molecule has 4 nitrogen and oxygen atoms in total. The van der Waals surface area contributed by atoms with Crippen LogP contribution in [0, 0.1) is 34.5 Å². The van der Waals surface area contributed by atoms with Gasteiger partial charge in [-0.05, 0) is 56.3 Å². The van der Waals surface area contributed by atoms with Gasteiger partial charge in [0.05, 0.1) is 19.1 Å². The highest BCUT2D eigenvalue weighted by Gasteiger charge is 2.51. The summed E-state index contributed by atoms with van der Waals surface area (Å²) in [5, 5.41) is 8.23. The van der Waals surface area contributed by atoms with E-state index < -0.39 is 5.25 Å². The van der Waals surface area contributed by atoms with Crippen molar-refractivity contribution in [2.24, 2.45) is 23.2 Å². The van der Waals surface area contributed by atoms with Crippen LogP contribution in [0.1, 0.15) is 51.9 Å². The maximum Gasteiger partial charge on any atom is 0.308 e. The minimum absolute atomic E-state index is 0.00706. The number of esters is 1. The van der Waals surface area contributed by atoms with Crippen LogP contribution in [0.3, 0.4) is 0 Å². The minimum atomic E-state index is -0.624. The van der Waals surface area contributed by atoms with Crippen molar-refractivity contribution in [3.63, 3.8) is 0 Å². The van der Waals surface area contributed by atoms with Gasteiger partial charge in [0.25, 0.3) is 0 Å². The van der Waals surface area contributed by atoms with Crippen LogP contribution in [0.15, 0.2) is 0 Å². The monoisotopic (exact) mass is 321 g/mol. The highest BCUT2D eigenvalue weighted by atomic mass is 32.2. The Labute approximate surface area is 136 Å². The van der Waals surface area contributed by atoms with Crippen molar-refractivity contribution in [1.82, 2.24) is 0 Å². The summed E-state index contributed by atoms with van der Waals surface area (Å²) >= 11 is 0.912. The fourth-order valence-corrected chi connectivity index (χ4v) is 5.90. The zero-order valence-electron chi connectivity index (χ0n) is 13.0. The first-order valence-electron chi connectivity index (χ1n) is 8.20. The van der Waals surface area contributed by atoms with E-state index in [2.05, 4.69) is 0 Å². The molecule has 0 heterocycles. The maximum absolute atomic E-state index is 12.0. The van der Waals surface area contributed by atoms with Gasteiger partial charge in [-0.25, -0.2) is 0 Å². The maximum atomic E-state index is 12.0. The Morgan fingerprint density at radius 3 is 2.23 bits per heavy atom. The molecule has 4 bridgehead atoms. The predicted octanol–water partition coefficient (Wildman–Crippen LogP) is 3.31. The molecule has 0 aromatic heterocycles. The van der Waals surface area contributed by atoms with Crippen LogP contribution in [0.5, 0.6) is 0 Å². The Morgan fingerprint density at radius 1 is 1.23 bits per heavy atom. The van der Waals surface area contributed by atoms with Gasteiger partial charge in [-0.1, -0.05) is 11.8 Å². The normalized spacial score (nSPS) is 36.6. The largest absolute Gasteiger partial charge is 0.465 e. The van der Waals surface area contributed by atoms with Gasteiger partial charge in [0.1, 0.15) is 5.25 Å². The number of thioether (sulfide) groups is 1. The van der Waals surface area contributed by atoms with Crippen molar-refractivity contribution in [2.75, 3.05) is 6.61 Å². The van der Waals surface area contributed by atoms with E-state index in [0.717, 1.165) is 29.5 Å². The molecule has 4 rings (SSSR count). The van der Waals surface area contributed by atoms with Gasteiger partial charge in [-0.2, -0.15) is 5.26 Å². The smallest absolute Gasteiger partial charge is 0.308 e. The molecule has 0 amide bonds. The molecule has 0 radical (unpaired) electrons. The summed E-state index contributed by atoms with van der Waals surface area (Å²) in [6, 6.07) is 2.00. The molecule has 0 saturated heterocycles. The second-order valence-electron chi connectivity index (χ2n) is 7.51. The highest BCUT2D eigenvalue weighted by molar-refractivity contribution is 8.14. The Bertz CT molecular complexity index is 475. The van der Waals surface area contributed by atoms with Crippen molar-refractivity contribution >= 4 is 22.8 Å². The third-order valence-electron chi connectivity index (χ3n) is 5.51. The van der Waals surface area contributed by atoms with E-state index in [-0.39, 0.29) is 22.9 Å². The van der Waals surface area contributed by atoms with Crippen LogP contribution < -0.4 is 0 Å². The van der Waals surface area contributed by atoms with Crippen molar-refractivity contribution < 1.29 is 14.3 Å². The quantitative estimate of drug-likeness (QED) is 0.727. The summed E-state index contributed by atoms with van der Waals surface area (Å²) in [4.78, 5) is 23.0. The molecule has 0 spiro atoms. The molecule has 4 fully saturated rings. The minimum Gasteiger partial charge on any atom is -0.465 e. The van der Waals surface area contributed by atoms with E-state index in [9.17, 15) is 9.59 Å². The van der Waals surface area contributed by atoms with E-state index in [1.807, 2.05) is 6.07 Å². The standard InChI is InChI=1S/C17H23NO3S/c1-11(19)22-15(9-18)5-16(20)21-10-17-6-12-2-13(7-17)4-14(3-12)8-17/h12-15H,2-8,10H2,1H3. The number of nitriles is 1. The second kappa shape index (κ2) is 6.23. The first kappa shape index (κ1) is 15.9. The second-order valence-corrected chi connectivity index (χ2v) is 8.89. The summed E-state index contributed by atoms with van der Waals surface area (Å²) in [6.07, 6.45) is 7.74. The Balaban J connectivity index is 1.51. The number of rotatable bonds is 5. The van der Waals surface area contributed by atoms with Gasteiger partial charge >= 0.3 is 5.97 Å². The molecule has 1 atom stereocenters. The summed E-state index contributed by atoms with van der Waals surface area (Å²) in [5.41, 5.74) is 0.209. The Morgan fingerprint density at radius 2 is 1.77 bits per heavy atom. The van der Waals surface area contributed by atoms with Gasteiger partial charge in [-0.15, -0.1) is 0 Å². The van der Waals surface area contributed by atoms with Crippen LogP contribution in [0.25, 0.3) is 0 Å². The molecular formula is C17H23NO3S. The molecule has 0 aromatic carbocycles.